The van der Waals surface area contributed by atoms with Crippen molar-refractivity contribution in [2.45, 2.75) is 40.2 Å². The molecule has 0 aromatic heterocycles. The van der Waals surface area contributed by atoms with Gasteiger partial charge in [-0.3, -0.25) is 9.69 Å². The molecule has 1 spiro atoms. The van der Waals surface area contributed by atoms with Gasteiger partial charge in [0, 0.05) is 11.3 Å². The van der Waals surface area contributed by atoms with Crippen molar-refractivity contribution < 1.29 is 4.79 Å². The second-order valence-electron chi connectivity index (χ2n) is 6.73. The lowest BCUT2D eigenvalue weighted by atomic mass is 9.95. The van der Waals surface area contributed by atoms with E-state index in [0.717, 1.165) is 11.3 Å². The van der Waals surface area contributed by atoms with E-state index >= 15 is 0 Å². The molecule has 1 fully saturated rings. The van der Waals surface area contributed by atoms with Crippen molar-refractivity contribution in [1.82, 2.24) is 0 Å². The van der Waals surface area contributed by atoms with Gasteiger partial charge in [-0.2, -0.15) is 0 Å². The van der Waals surface area contributed by atoms with Gasteiger partial charge in [-0.25, -0.2) is 0 Å². The second kappa shape index (κ2) is 5.23. The van der Waals surface area contributed by atoms with Gasteiger partial charge in [-0.1, -0.05) is 71.0 Å². The van der Waals surface area contributed by atoms with Crippen molar-refractivity contribution >= 4 is 11.6 Å². The Morgan fingerprint density at radius 3 is 2.00 bits per heavy atom. The highest BCUT2D eigenvalue weighted by molar-refractivity contribution is 6.13. The Morgan fingerprint density at radius 1 is 0.913 bits per heavy atom. The SMILES string of the molecule is CC.CC1C(C)(C)C12c1ccccc1C(=O)N2c1ccccc1. The molecule has 2 aromatic rings. The average molecular weight is 307 g/mol. The number of para-hydroxylation sites is 1. The van der Waals surface area contributed by atoms with E-state index in [4.69, 9.17) is 0 Å². The molecule has 2 unspecified atom stereocenters. The van der Waals surface area contributed by atoms with Gasteiger partial charge in [0.05, 0.1) is 5.54 Å². The lowest BCUT2D eigenvalue weighted by molar-refractivity contribution is 0.0984. The lowest BCUT2D eigenvalue weighted by Crippen LogP contribution is -2.37. The summed E-state index contributed by atoms with van der Waals surface area (Å²) in [5.41, 5.74) is 2.94. The smallest absolute Gasteiger partial charge is 0.259 e. The number of nitrogens with zero attached hydrogens (tertiary/aromatic N) is 1. The quantitative estimate of drug-likeness (QED) is 0.705. The molecule has 1 heterocycles. The van der Waals surface area contributed by atoms with Crippen LogP contribution in [0.5, 0.6) is 0 Å². The highest BCUT2D eigenvalue weighted by Gasteiger charge is 2.76. The van der Waals surface area contributed by atoms with Crippen LogP contribution in [-0.4, -0.2) is 5.91 Å². The third kappa shape index (κ3) is 1.78. The molecule has 2 nitrogen and oxygen atoms in total. The molecule has 2 atom stereocenters. The van der Waals surface area contributed by atoms with Crippen LogP contribution in [-0.2, 0) is 5.54 Å². The lowest BCUT2D eigenvalue weighted by Gasteiger charge is -2.29. The van der Waals surface area contributed by atoms with E-state index in [2.05, 4.69) is 26.8 Å². The Morgan fingerprint density at radius 2 is 1.43 bits per heavy atom. The number of fused-ring (bicyclic) bond motifs is 2. The van der Waals surface area contributed by atoms with Gasteiger partial charge < -0.3 is 0 Å². The van der Waals surface area contributed by atoms with Crippen molar-refractivity contribution in [3.05, 3.63) is 65.7 Å². The third-order valence-corrected chi connectivity index (χ3v) is 5.75. The number of rotatable bonds is 1. The van der Waals surface area contributed by atoms with E-state index in [0.29, 0.717) is 5.92 Å². The topological polar surface area (TPSA) is 20.3 Å². The summed E-state index contributed by atoms with van der Waals surface area (Å²) in [4.78, 5) is 15.0. The summed E-state index contributed by atoms with van der Waals surface area (Å²) in [6, 6.07) is 18.1. The Labute approximate surface area is 139 Å². The highest BCUT2D eigenvalue weighted by atomic mass is 16.2. The molecule has 2 aromatic carbocycles. The normalized spacial score (nSPS) is 26.6. The van der Waals surface area contributed by atoms with E-state index in [1.54, 1.807) is 0 Å². The molecule has 23 heavy (non-hydrogen) atoms. The fourth-order valence-electron chi connectivity index (χ4n) is 4.36. The molecule has 0 saturated heterocycles. The maximum atomic E-state index is 13.0. The molecule has 4 rings (SSSR count). The largest absolute Gasteiger partial charge is 0.297 e. The molecule has 1 amide bonds. The van der Waals surface area contributed by atoms with Crippen LogP contribution < -0.4 is 4.90 Å². The van der Waals surface area contributed by atoms with Gasteiger partial charge in [-0.15, -0.1) is 0 Å². The molecule has 1 aliphatic carbocycles. The van der Waals surface area contributed by atoms with Crippen LogP contribution in [0.1, 0.15) is 50.5 Å². The second-order valence-corrected chi connectivity index (χ2v) is 6.73. The molecule has 1 aliphatic heterocycles. The first-order valence-corrected chi connectivity index (χ1v) is 8.52. The van der Waals surface area contributed by atoms with Gasteiger partial charge >= 0.3 is 0 Å². The minimum Gasteiger partial charge on any atom is -0.297 e. The maximum absolute atomic E-state index is 13.0. The summed E-state index contributed by atoms with van der Waals surface area (Å²) < 4.78 is 0. The standard InChI is InChI=1S/C19H19NO.C2H6/c1-13-18(2,3)19(13)16-12-8-7-11-15(16)17(21)20(19)14-9-5-4-6-10-14;1-2/h4-13H,1-3H3;1-2H3. The van der Waals surface area contributed by atoms with Gasteiger partial charge in [0.15, 0.2) is 0 Å². The molecule has 1 saturated carbocycles. The van der Waals surface area contributed by atoms with Crippen molar-refractivity contribution in [2.75, 3.05) is 4.90 Å². The minimum atomic E-state index is -0.192. The van der Waals surface area contributed by atoms with E-state index in [1.165, 1.54) is 5.56 Å². The van der Waals surface area contributed by atoms with E-state index in [-0.39, 0.29) is 16.9 Å². The maximum Gasteiger partial charge on any atom is 0.259 e. The first kappa shape index (κ1) is 15.8. The van der Waals surface area contributed by atoms with Crippen molar-refractivity contribution in [3.8, 4) is 0 Å². The Balaban J connectivity index is 0.000000753. The average Bonchev–Trinajstić information content (AvgIpc) is 2.90. The summed E-state index contributed by atoms with van der Waals surface area (Å²) in [7, 11) is 0. The zero-order chi connectivity index (χ0) is 16.8. The monoisotopic (exact) mass is 307 g/mol. The Hall–Kier alpha value is -2.09. The zero-order valence-corrected chi connectivity index (χ0v) is 14.6. The molecular formula is C21H25NO. The highest BCUT2D eigenvalue weighted by Crippen LogP contribution is 2.73. The minimum absolute atomic E-state index is 0.0884. The molecule has 0 radical (unpaired) electrons. The predicted octanol–water partition coefficient (Wildman–Crippen LogP) is 5.24. The fraction of sp³-hybridized carbons (Fsp3) is 0.381. The molecular weight excluding hydrogens is 282 g/mol. The number of amides is 1. The predicted molar refractivity (Wildman–Crippen MR) is 95.7 cm³/mol. The number of hydrogen-bond acceptors (Lipinski definition) is 1. The number of anilines is 1. The van der Waals surface area contributed by atoms with Gasteiger partial charge in [-0.05, 0) is 35.1 Å². The van der Waals surface area contributed by atoms with Crippen LogP contribution >= 0.6 is 0 Å². The Kier molecular flexibility index (Phi) is 3.59. The Bertz CT molecular complexity index is 735. The van der Waals surface area contributed by atoms with Crippen molar-refractivity contribution in [2.24, 2.45) is 11.3 Å². The van der Waals surface area contributed by atoms with Crippen LogP contribution in [0.15, 0.2) is 54.6 Å². The molecule has 2 heteroatoms. The van der Waals surface area contributed by atoms with Gasteiger partial charge in [0.2, 0.25) is 0 Å². The zero-order valence-electron chi connectivity index (χ0n) is 14.6. The molecule has 0 bridgehead atoms. The van der Waals surface area contributed by atoms with Crippen molar-refractivity contribution in [3.63, 3.8) is 0 Å². The number of benzene rings is 2. The summed E-state index contributed by atoms with van der Waals surface area (Å²) in [6.07, 6.45) is 0. The summed E-state index contributed by atoms with van der Waals surface area (Å²) in [6.45, 7) is 10.8. The molecule has 2 aliphatic rings. The number of carbonyl (C=O) groups is 1. The van der Waals surface area contributed by atoms with Crippen LogP contribution in [0.4, 0.5) is 5.69 Å². The third-order valence-electron chi connectivity index (χ3n) is 5.75. The summed E-state index contributed by atoms with van der Waals surface area (Å²) in [5.74, 6) is 0.576. The van der Waals surface area contributed by atoms with E-state index in [1.807, 2.05) is 67.3 Å². The van der Waals surface area contributed by atoms with Crippen LogP contribution in [0.25, 0.3) is 0 Å². The van der Waals surface area contributed by atoms with E-state index < -0.39 is 0 Å². The molecule has 120 valence electrons. The summed E-state index contributed by atoms with van der Waals surface area (Å²) in [5, 5.41) is 0. The van der Waals surface area contributed by atoms with Crippen molar-refractivity contribution in [1.29, 1.82) is 0 Å². The number of hydrogen-bond donors (Lipinski definition) is 0. The van der Waals surface area contributed by atoms with Crippen LogP contribution in [0, 0.1) is 11.3 Å². The van der Waals surface area contributed by atoms with Crippen LogP contribution in [0.2, 0.25) is 0 Å². The van der Waals surface area contributed by atoms with Gasteiger partial charge in [0.25, 0.3) is 5.91 Å². The number of carbonyl (C=O) groups excluding carboxylic acids is 1. The van der Waals surface area contributed by atoms with E-state index in [9.17, 15) is 4.79 Å². The van der Waals surface area contributed by atoms with Gasteiger partial charge in [0.1, 0.15) is 0 Å². The summed E-state index contributed by atoms with van der Waals surface area (Å²) >= 11 is 0. The van der Waals surface area contributed by atoms with Crippen LogP contribution in [0.3, 0.4) is 0 Å². The first-order valence-electron chi connectivity index (χ1n) is 8.52. The fourth-order valence-corrected chi connectivity index (χ4v) is 4.36. The first-order chi connectivity index (χ1) is 11.0. The molecule has 0 N–H and O–H groups in total.